The summed E-state index contributed by atoms with van der Waals surface area (Å²) in [5.41, 5.74) is 15.5. The van der Waals surface area contributed by atoms with Crippen molar-refractivity contribution in [1.82, 2.24) is 19.6 Å². The third-order valence-corrected chi connectivity index (χ3v) is 10.6. The molecule has 2 aromatic carbocycles. The number of unbranched alkanes of at least 4 members (excludes halogenated alkanes) is 10. The van der Waals surface area contributed by atoms with Gasteiger partial charge >= 0.3 is 12.1 Å². The Labute approximate surface area is 312 Å². The molecule has 0 unspecified atom stereocenters. The van der Waals surface area contributed by atoms with E-state index in [2.05, 4.69) is 38.1 Å². The van der Waals surface area contributed by atoms with Crippen molar-refractivity contribution < 1.29 is 19.2 Å². The molecule has 2 aromatic rings. The molecule has 2 fully saturated rings. The molecule has 10 nitrogen and oxygen atoms in total. The number of carbonyl (C=O) groups excluding carboxylic acids is 4. The monoisotopic (exact) mass is 716 g/mol. The number of hydrogen-bond donors (Lipinski definition) is 2. The van der Waals surface area contributed by atoms with Gasteiger partial charge in [0.2, 0.25) is 0 Å². The second kappa shape index (κ2) is 21.7. The van der Waals surface area contributed by atoms with Crippen molar-refractivity contribution in [3.05, 3.63) is 59.7 Å². The zero-order valence-electron chi connectivity index (χ0n) is 31.9. The van der Waals surface area contributed by atoms with Gasteiger partial charge in [0, 0.05) is 26.2 Å². The van der Waals surface area contributed by atoms with Crippen molar-refractivity contribution in [2.45, 2.75) is 142 Å². The van der Waals surface area contributed by atoms with Gasteiger partial charge in [-0.05, 0) is 86.7 Å². The fourth-order valence-electron chi connectivity index (χ4n) is 7.43. The summed E-state index contributed by atoms with van der Waals surface area (Å²) in [4.78, 5) is 60.2. The third kappa shape index (κ3) is 11.1. The van der Waals surface area contributed by atoms with Crippen LogP contribution < -0.4 is 11.5 Å². The fourth-order valence-corrected chi connectivity index (χ4v) is 7.43. The number of imide groups is 2. The van der Waals surface area contributed by atoms with Crippen LogP contribution in [-0.2, 0) is 22.7 Å². The smallest absolute Gasteiger partial charge is 0.327 e. The van der Waals surface area contributed by atoms with Gasteiger partial charge in [0.15, 0.2) is 0 Å². The minimum atomic E-state index is -0.446. The molecule has 6 amide bonds. The summed E-state index contributed by atoms with van der Waals surface area (Å²) in [7, 11) is 0. The van der Waals surface area contributed by atoms with Gasteiger partial charge in [0.25, 0.3) is 11.8 Å². The average molecular weight is 717 g/mol. The molecule has 4 rings (SSSR count). The Morgan fingerprint density at radius 2 is 0.846 bits per heavy atom. The molecule has 0 aliphatic carbocycles. The van der Waals surface area contributed by atoms with Crippen LogP contribution in [0.1, 0.15) is 128 Å². The zero-order valence-corrected chi connectivity index (χ0v) is 31.9. The van der Waals surface area contributed by atoms with E-state index in [1.165, 1.54) is 22.6 Å². The molecular formula is C42H64N6O4. The number of urea groups is 2. The van der Waals surface area contributed by atoms with Crippen LogP contribution in [-0.4, -0.2) is 81.7 Å². The van der Waals surface area contributed by atoms with Crippen LogP contribution in [0.25, 0.3) is 11.1 Å². The fraction of sp³-hybridized carbons (Fsp3) is 0.619. The van der Waals surface area contributed by atoms with Gasteiger partial charge in [-0.25, -0.2) is 9.59 Å². The predicted molar refractivity (Wildman–Crippen MR) is 208 cm³/mol. The van der Waals surface area contributed by atoms with Crippen LogP contribution in [0.5, 0.6) is 0 Å². The van der Waals surface area contributed by atoms with Crippen LogP contribution in [0.4, 0.5) is 9.59 Å². The van der Waals surface area contributed by atoms with Crippen molar-refractivity contribution in [3.63, 3.8) is 0 Å². The van der Waals surface area contributed by atoms with E-state index in [4.69, 9.17) is 11.5 Å². The molecule has 0 aromatic heterocycles. The summed E-state index contributed by atoms with van der Waals surface area (Å²) in [6.07, 6.45) is 15.2. The lowest BCUT2D eigenvalue weighted by Gasteiger charge is -2.22. The predicted octanol–water partition coefficient (Wildman–Crippen LogP) is 7.82. The summed E-state index contributed by atoms with van der Waals surface area (Å²) < 4.78 is 0. The number of amides is 6. The van der Waals surface area contributed by atoms with Crippen LogP contribution in [0.2, 0.25) is 0 Å². The second-order valence-corrected chi connectivity index (χ2v) is 14.6. The first-order chi connectivity index (χ1) is 25.3. The number of nitrogens with two attached hydrogens (primary N) is 2. The summed E-state index contributed by atoms with van der Waals surface area (Å²) in [6, 6.07) is 15.1. The molecule has 2 aliphatic heterocycles. The van der Waals surface area contributed by atoms with Gasteiger partial charge in [0.05, 0.1) is 0 Å². The van der Waals surface area contributed by atoms with Crippen molar-refractivity contribution in [2.24, 2.45) is 11.5 Å². The van der Waals surface area contributed by atoms with E-state index in [0.29, 0.717) is 52.1 Å². The molecule has 0 bridgehead atoms. The first-order valence-corrected chi connectivity index (χ1v) is 20.2. The van der Waals surface area contributed by atoms with Gasteiger partial charge in [-0.1, -0.05) is 114 Å². The number of nitrogens with zero attached hydrogens (tertiary/aromatic N) is 4. The molecule has 2 heterocycles. The van der Waals surface area contributed by atoms with Gasteiger partial charge in [-0.2, -0.15) is 0 Å². The van der Waals surface area contributed by atoms with Gasteiger partial charge in [-0.15, -0.1) is 0 Å². The van der Waals surface area contributed by atoms with Gasteiger partial charge in [-0.3, -0.25) is 19.4 Å². The van der Waals surface area contributed by atoms with E-state index < -0.39 is 12.1 Å². The molecule has 286 valence electrons. The molecule has 2 atom stereocenters. The van der Waals surface area contributed by atoms with E-state index in [9.17, 15) is 19.2 Å². The third-order valence-electron chi connectivity index (χ3n) is 10.6. The number of rotatable bonds is 25. The summed E-state index contributed by atoms with van der Waals surface area (Å²) >= 11 is 0. The standard InChI is InChI=1S/C42H64N6O4/c1-3-5-7-9-15-29-45-39(49)37(17-11-13-27-43)47(41(45)51)31-33-19-23-35(24-20-33)36-25-21-34(22-26-36)32-48-38(18-12-14-28-44)40(50)46(42(48)52)30-16-10-8-6-4-2/h19-26,37-38H,3-18,27-32,43-44H2,1-2H3/t37-,38-/m0/s1. The molecule has 4 N–H and O–H groups in total. The Kier molecular flexibility index (Phi) is 17.1. The van der Waals surface area contributed by atoms with Crippen molar-refractivity contribution >= 4 is 23.9 Å². The SMILES string of the molecule is CCCCCCCN1C(=O)[C@H](CCCCN)N(Cc2ccc(-c3ccc(CN4C(=O)N(CCCCCCC)C(=O)[C@@H]4CCCCN)cc3)cc2)C1=O. The Hall–Kier alpha value is -3.76. The van der Waals surface area contributed by atoms with Gasteiger partial charge in [0.1, 0.15) is 12.1 Å². The molecule has 2 aliphatic rings. The molecule has 0 radical (unpaired) electrons. The molecular weight excluding hydrogens is 653 g/mol. The van der Waals surface area contributed by atoms with Crippen molar-refractivity contribution in [2.75, 3.05) is 26.2 Å². The Bertz CT molecular complexity index is 1310. The lowest BCUT2D eigenvalue weighted by atomic mass is 10.0. The van der Waals surface area contributed by atoms with E-state index in [-0.39, 0.29) is 23.9 Å². The van der Waals surface area contributed by atoms with Crippen molar-refractivity contribution in [1.29, 1.82) is 0 Å². The maximum absolute atomic E-state index is 13.5. The highest BCUT2D eigenvalue weighted by atomic mass is 16.2. The molecule has 2 saturated heterocycles. The van der Waals surface area contributed by atoms with E-state index >= 15 is 0 Å². The van der Waals surface area contributed by atoms with Crippen LogP contribution >= 0.6 is 0 Å². The number of benzene rings is 2. The van der Waals surface area contributed by atoms with E-state index in [0.717, 1.165) is 99.3 Å². The van der Waals surface area contributed by atoms with Crippen molar-refractivity contribution in [3.8, 4) is 11.1 Å². The second-order valence-electron chi connectivity index (χ2n) is 14.6. The van der Waals surface area contributed by atoms with Crippen LogP contribution in [0, 0.1) is 0 Å². The lowest BCUT2D eigenvalue weighted by Crippen LogP contribution is -2.35. The lowest BCUT2D eigenvalue weighted by molar-refractivity contribution is -0.129. The van der Waals surface area contributed by atoms with E-state index in [1.807, 2.05) is 24.3 Å². The summed E-state index contributed by atoms with van der Waals surface area (Å²) in [6.45, 7) is 7.22. The molecule has 52 heavy (non-hydrogen) atoms. The molecule has 0 spiro atoms. The first kappa shape index (κ1) is 41.0. The average Bonchev–Trinajstić information content (AvgIpc) is 3.50. The van der Waals surface area contributed by atoms with Crippen LogP contribution in [0.3, 0.4) is 0 Å². The Balaban J connectivity index is 1.39. The summed E-state index contributed by atoms with van der Waals surface area (Å²) in [5.74, 6) is -0.155. The molecule has 0 saturated carbocycles. The Morgan fingerprint density at radius 3 is 1.19 bits per heavy atom. The van der Waals surface area contributed by atoms with Crippen LogP contribution in [0.15, 0.2) is 48.5 Å². The highest BCUT2D eigenvalue weighted by Gasteiger charge is 2.45. The highest BCUT2D eigenvalue weighted by Crippen LogP contribution is 2.29. The number of hydrogen-bond acceptors (Lipinski definition) is 6. The van der Waals surface area contributed by atoms with E-state index in [1.54, 1.807) is 9.80 Å². The topological polar surface area (TPSA) is 133 Å². The van der Waals surface area contributed by atoms with Gasteiger partial charge < -0.3 is 21.3 Å². The minimum Gasteiger partial charge on any atom is -0.330 e. The Morgan fingerprint density at radius 1 is 0.481 bits per heavy atom. The molecule has 10 heteroatoms. The maximum atomic E-state index is 13.5. The minimum absolute atomic E-state index is 0.0776. The first-order valence-electron chi connectivity index (χ1n) is 20.2. The largest absolute Gasteiger partial charge is 0.330 e. The highest BCUT2D eigenvalue weighted by molar-refractivity contribution is 6.04. The maximum Gasteiger partial charge on any atom is 0.327 e. The quantitative estimate of drug-likeness (QED) is 0.0796. The summed E-state index contributed by atoms with van der Waals surface area (Å²) in [5, 5.41) is 0. The zero-order chi connectivity index (χ0) is 37.3. The normalized spacial score (nSPS) is 17.8. The number of carbonyl (C=O) groups is 4.